The Morgan fingerprint density at radius 3 is 2.46 bits per heavy atom. The Balaban J connectivity index is 1.78. The third-order valence-corrected chi connectivity index (χ3v) is 6.31. The molecule has 149 valence electrons. The molecule has 1 atom stereocenters. The quantitative estimate of drug-likeness (QED) is 0.757. The van der Waals surface area contributed by atoms with Crippen LogP contribution in [0.5, 0.6) is 0 Å². The van der Waals surface area contributed by atoms with Gasteiger partial charge in [0.15, 0.2) is 0 Å². The number of primary amides is 1. The predicted octanol–water partition coefficient (Wildman–Crippen LogP) is 2.30. The molecule has 1 unspecified atom stereocenters. The van der Waals surface area contributed by atoms with Crippen LogP contribution in [-0.4, -0.2) is 35.3 Å². The minimum absolute atomic E-state index is 0.194. The predicted molar refractivity (Wildman–Crippen MR) is 106 cm³/mol. The summed E-state index contributed by atoms with van der Waals surface area (Å²) in [6.07, 6.45) is 7.03. The van der Waals surface area contributed by atoms with Crippen molar-refractivity contribution in [1.29, 1.82) is 5.26 Å². The van der Waals surface area contributed by atoms with Crippen LogP contribution in [0.2, 0.25) is 0 Å². The van der Waals surface area contributed by atoms with E-state index in [1.807, 2.05) is 30.3 Å². The summed E-state index contributed by atoms with van der Waals surface area (Å²) in [7, 11) is 0. The minimum Gasteiger partial charge on any atom is -0.369 e. The van der Waals surface area contributed by atoms with E-state index in [0.29, 0.717) is 32.5 Å². The lowest BCUT2D eigenvalue weighted by atomic mass is 9.70. The lowest BCUT2D eigenvalue weighted by molar-refractivity contribution is -0.134. The Bertz CT molecular complexity index is 729. The number of hydrogen-bond donors (Lipinski definition) is 2. The number of hydrogen-bond acceptors (Lipinski definition) is 4. The molecule has 1 aromatic carbocycles. The molecule has 1 saturated carbocycles. The Kier molecular flexibility index (Phi) is 6.35. The van der Waals surface area contributed by atoms with Crippen LogP contribution in [0.1, 0.15) is 50.5 Å². The van der Waals surface area contributed by atoms with E-state index in [2.05, 4.69) is 11.4 Å². The highest BCUT2D eigenvalue weighted by Crippen LogP contribution is 2.40. The van der Waals surface area contributed by atoms with Crippen LogP contribution >= 0.6 is 0 Å². The van der Waals surface area contributed by atoms with E-state index in [4.69, 9.17) is 5.73 Å². The molecule has 1 aliphatic heterocycles. The first-order valence-electron chi connectivity index (χ1n) is 10.1. The molecule has 1 saturated heterocycles. The fourth-order valence-corrected chi connectivity index (χ4v) is 4.44. The van der Waals surface area contributed by atoms with Gasteiger partial charge in [-0.3, -0.25) is 9.59 Å². The van der Waals surface area contributed by atoms with Crippen molar-refractivity contribution in [2.24, 2.45) is 11.1 Å². The molecule has 28 heavy (non-hydrogen) atoms. The molecule has 6 nitrogen and oxygen atoms in total. The number of amides is 2. The van der Waals surface area contributed by atoms with Gasteiger partial charge in [0.2, 0.25) is 11.8 Å². The zero-order valence-corrected chi connectivity index (χ0v) is 16.3. The van der Waals surface area contributed by atoms with Gasteiger partial charge in [-0.05, 0) is 37.8 Å². The van der Waals surface area contributed by atoms with Gasteiger partial charge in [-0.2, -0.15) is 5.26 Å². The van der Waals surface area contributed by atoms with Gasteiger partial charge in [0.25, 0.3) is 0 Å². The van der Waals surface area contributed by atoms with Crippen LogP contribution in [0.4, 0.5) is 0 Å². The molecule has 1 radical (unpaired) electrons. The monoisotopic (exact) mass is 381 g/mol. The molecule has 0 spiro atoms. The molecule has 3 rings (SSSR count). The van der Waals surface area contributed by atoms with Gasteiger partial charge in [0, 0.05) is 18.5 Å². The molecule has 1 aliphatic carbocycles. The van der Waals surface area contributed by atoms with Crippen molar-refractivity contribution in [2.45, 2.75) is 57.0 Å². The van der Waals surface area contributed by atoms with Crippen molar-refractivity contribution in [1.82, 2.24) is 10.2 Å². The van der Waals surface area contributed by atoms with Gasteiger partial charge in [-0.15, -0.1) is 0 Å². The molecule has 1 aromatic rings. The fraction of sp³-hybridized carbons (Fsp3) is 0.545. The lowest BCUT2D eigenvalue weighted by Gasteiger charge is -2.38. The first-order valence-corrected chi connectivity index (χ1v) is 10.1. The maximum absolute atomic E-state index is 13.2. The molecular weight excluding hydrogens is 352 g/mol. The third-order valence-electron chi connectivity index (χ3n) is 6.31. The van der Waals surface area contributed by atoms with Crippen LogP contribution < -0.4 is 11.1 Å². The summed E-state index contributed by atoms with van der Waals surface area (Å²) in [5.41, 5.74) is 5.21. The first kappa shape index (κ1) is 20.3. The van der Waals surface area contributed by atoms with Crippen LogP contribution in [0, 0.1) is 23.2 Å². The maximum atomic E-state index is 13.2. The molecule has 2 fully saturated rings. The number of carbonyl (C=O) groups is 2. The Labute approximate surface area is 167 Å². The summed E-state index contributed by atoms with van der Waals surface area (Å²) in [5.74, 6) is -0.510. The number of nitrogens with one attached hydrogen (secondary N) is 1. The molecule has 6 heteroatoms. The van der Waals surface area contributed by atoms with Gasteiger partial charge >= 0.3 is 0 Å². The van der Waals surface area contributed by atoms with Crippen molar-refractivity contribution < 1.29 is 9.59 Å². The van der Waals surface area contributed by atoms with Crippen molar-refractivity contribution in [3.05, 3.63) is 42.3 Å². The van der Waals surface area contributed by atoms with Crippen molar-refractivity contribution >= 4 is 11.8 Å². The average molecular weight is 382 g/mol. The van der Waals surface area contributed by atoms with E-state index in [9.17, 15) is 14.9 Å². The number of carbonyl (C=O) groups excluding carboxylic acids is 2. The van der Waals surface area contributed by atoms with Crippen LogP contribution in [0.15, 0.2) is 30.3 Å². The second-order valence-electron chi connectivity index (χ2n) is 8.09. The summed E-state index contributed by atoms with van der Waals surface area (Å²) in [6, 6.07) is 12.1. The fourth-order valence-electron chi connectivity index (χ4n) is 4.44. The van der Waals surface area contributed by atoms with Crippen molar-refractivity contribution in [3.63, 3.8) is 0 Å². The van der Waals surface area contributed by atoms with Gasteiger partial charge in [0.1, 0.15) is 5.54 Å². The summed E-state index contributed by atoms with van der Waals surface area (Å²) in [6.45, 7) is 1.53. The number of benzene rings is 1. The summed E-state index contributed by atoms with van der Waals surface area (Å²) in [5, 5.41) is 13.1. The van der Waals surface area contributed by atoms with Crippen LogP contribution in [0.3, 0.4) is 0 Å². The summed E-state index contributed by atoms with van der Waals surface area (Å²) >= 11 is 0. The lowest BCUT2D eigenvalue weighted by Crippen LogP contribution is -2.52. The molecule has 0 bridgehead atoms. The molecule has 3 N–H and O–H groups in total. The molecule has 2 amide bonds. The van der Waals surface area contributed by atoms with E-state index in [-0.39, 0.29) is 11.8 Å². The topological polar surface area (TPSA) is 99.2 Å². The standard InChI is InChI=1S/C22H29N4O2/c23-16-22(13-14-25-17-22)26(15-18-7-3-1-4-8-18)19(27)9-12-21(20(24)28)10-5-2-6-11-21/h1,3-4,7-9,25H,2,5-6,10-15,17H2,(H2,24,28). The number of rotatable bonds is 7. The maximum Gasteiger partial charge on any atom is 0.228 e. The molecular formula is C22H29N4O2. The molecule has 2 aliphatic rings. The summed E-state index contributed by atoms with van der Waals surface area (Å²) < 4.78 is 0. The van der Waals surface area contributed by atoms with E-state index >= 15 is 0 Å². The van der Waals surface area contributed by atoms with E-state index in [0.717, 1.165) is 37.7 Å². The highest BCUT2D eigenvalue weighted by molar-refractivity contribution is 5.88. The SMILES string of the molecule is N#CC1(N(Cc2ccccc2)C(=O)[CH]CC2(C(N)=O)CCCCC2)CCNC1. The minimum atomic E-state index is -0.865. The van der Waals surface area contributed by atoms with Gasteiger partial charge in [0.05, 0.1) is 12.5 Å². The number of nitriles is 1. The largest absolute Gasteiger partial charge is 0.369 e. The van der Waals surface area contributed by atoms with Crippen LogP contribution in [-0.2, 0) is 16.1 Å². The average Bonchev–Trinajstić information content (AvgIpc) is 3.22. The normalized spacial score (nSPS) is 23.7. The highest BCUT2D eigenvalue weighted by atomic mass is 16.2. The number of nitrogens with zero attached hydrogens (tertiary/aromatic N) is 2. The van der Waals surface area contributed by atoms with Gasteiger partial charge in [-0.25, -0.2) is 0 Å². The second-order valence-corrected chi connectivity index (χ2v) is 8.09. The van der Waals surface area contributed by atoms with Gasteiger partial charge < -0.3 is 16.0 Å². The zero-order valence-electron chi connectivity index (χ0n) is 16.3. The van der Waals surface area contributed by atoms with Crippen LogP contribution in [0.25, 0.3) is 0 Å². The summed E-state index contributed by atoms with van der Waals surface area (Å²) in [4.78, 5) is 27.1. The van der Waals surface area contributed by atoms with Gasteiger partial charge in [-0.1, -0.05) is 49.6 Å². The Morgan fingerprint density at radius 2 is 1.89 bits per heavy atom. The van der Waals surface area contributed by atoms with E-state index in [1.54, 1.807) is 11.3 Å². The zero-order chi connectivity index (χ0) is 20.0. The smallest absolute Gasteiger partial charge is 0.228 e. The first-order chi connectivity index (χ1) is 13.5. The third kappa shape index (κ3) is 4.20. The molecule has 1 heterocycles. The van der Waals surface area contributed by atoms with Crippen molar-refractivity contribution in [2.75, 3.05) is 13.1 Å². The number of nitrogens with two attached hydrogens (primary N) is 1. The Hall–Kier alpha value is -2.39. The second kappa shape index (κ2) is 8.74. The van der Waals surface area contributed by atoms with E-state index in [1.165, 1.54) is 0 Å². The highest BCUT2D eigenvalue weighted by Gasteiger charge is 2.44. The van der Waals surface area contributed by atoms with Crippen molar-refractivity contribution in [3.8, 4) is 6.07 Å². The Morgan fingerprint density at radius 1 is 1.18 bits per heavy atom. The molecule has 0 aromatic heterocycles. The van der Waals surface area contributed by atoms with E-state index < -0.39 is 11.0 Å².